The number of nitrogens with one attached hydrogen (secondary N) is 2. The monoisotopic (exact) mass is 313 g/mol. The first kappa shape index (κ1) is 15.5. The molecule has 1 saturated carbocycles. The van der Waals surface area contributed by atoms with Gasteiger partial charge in [-0.1, -0.05) is 31.4 Å². The number of rotatable bonds is 4. The van der Waals surface area contributed by atoms with Gasteiger partial charge in [-0.15, -0.1) is 0 Å². The Bertz CT molecular complexity index is 666. The van der Waals surface area contributed by atoms with Crippen molar-refractivity contribution in [3.8, 4) is 0 Å². The van der Waals surface area contributed by atoms with E-state index in [1.807, 2.05) is 0 Å². The number of pyridine rings is 1. The topological polar surface area (TPSA) is 54.0 Å². The molecule has 0 aliphatic heterocycles. The van der Waals surface area contributed by atoms with Gasteiger partial charge >= 0.3 is 0 Å². The quantitative estimate of drug-likeness (QED) is 0.875. The van der Waals surface area contributed by atoms with Crippen molar-refractivity contribution in [3.05, 3.63) is 48.4 Å². The summed E-state index contributed by atoms with van der Waals surface area (Å²) in [4.78, 5) is 16.4. The Morgan fingerprint density at radius 1 is 1.09 bits per heavy atom. The van der Waals surface area contributed by atoms with Crippen LogP contribution in [0, 0.1) is 11.7 Å². The molecule has 0 saturated heterocycles. The Hall–Kier alpha value is -2.43. The number of nitrogens with zero attached hydrogens (tertiary/aromatic N) is 1. The number of aromatic nitrogens is 1. The Kier molecular flexibility index (Phi) is 4.86. The van der Waals surface area contributed by atoms with Crippen LogP contribution in [0.1, 0.15) is 32.1 Å². The molecule has 1 aromatic heterocycles. The molecule has 1 aromatic carbocycles. The van der Waals surface area contributed by atoms with Gasteiger partial charge in [-0.2, -0.15) is 0 Å². The molecule has 1 heterocycles. The van der Waals surface area contributed by atoms with Crippen LogP contribution in [-0.2, 0) is 4.79 Å². The number of benzene rings is 1. The highest BCUT2D eigenvalue weighted by molar-refractivity contribution is 5.91. The molecule has 0 atom stereocenters. The zero-order valence-corrected chi connectivity index (χ0v) is 12.9. The lowest BCUT2D eigenvalue weighted by Gasteiger charge is -2.20. The molecule has 2 aromatic rings. The lowest BCUT2D eigenvalue weighted by atomic mass is 9.89. The van der Waals surface area contributed by atoms with Gasteiger partial charge in [-0.25, -0.2) is 9.37 Å². The molecule has 1 fully saturated rings. The van der Waals surface area contributed by atoms with Gasteiger partial charge in [0.15, 0.2) is 0 Å². The molecule has 3 rings (SSSR count). The number of anilines is 3. The normalized spacial score (nSPS) is 15.2. The van der Waals surface area contributed by atoms with Crippen molar-refractivity contribution in [2.75, 3.05) is 10.6 Å². The zero-order chi connectivity index (χ0) is 16.1. The molecule has 1 aliphatic rings. The SMILES string of the molecule is O=C(Nc1ccc(Nc2ccccc2F)cn1)C1CCCCC1. The Morgan fingerprint density at radius 2 is 1.87 bits per heavy atom. The van der Waals surface area contributed by atoms with Crippen LogP contribution < -0.4 is 10.6 Å². The number of hydrogen-bond donors (Lipinski definition) is 2. The van der Waals surface area contributed by atoms with E-state index in [4.69, 9.17) is 0 Å². The summed E-state index contributed by atoms with van der Waals surface area (Å²) in [6.07, 6.45) is 6.97. The summed E-state index contributed by atoms with van der Waals surface area (Å²) in [5.41, 5.74) is 1.07. The maximum atomic E-state index is 13.6. The maximum absolute atomic E-state index is 13.6. The van der Waals surface area contributed by atoms with E-state index in [-0.39, 0.29) is 17.6 Å². The van der Waals surface area contributed by atoms with E-state index >= 15 is 0 Å². The minimum Gasteiger partial charge on any atom is -0.352 e. The molecule has 0 radical (unpaired) electrons. The van der Waals surface area contributed by atoms with Crippen LogP contribution in [0.15, 0.2) is 42.6 Å². The van der Waals surface area contributed by atoms with Crippen molar-refractivity contribution in [3.63, 3.8) is 0 Å². The van der Waals surface area contributed by atoms with Gasteiger partial charge in [0.25, 0.3) is 0 Å². The first-order valence-corrected chi connectivity index (χ1v) is 8.01. The number of carbonyl (C=O) groups is 1. The van der Waals surface area contributed by atoms with E-state index in [0.29, 0.717) is 17.2 Å². The fourth-order valence-electron chi connectivity index (χ4n) is 2.85. The molecule has 0 bridgehead atoms. The number of halogens is 1. The molecule has 1 amide bonds. The van der Waals surface area contributed by atoms with Crippen molar-refractivity contribution in [1.29, 1.82) is 0 Å². The van der Waals surface area contributed by atoms with Crippen LogP contribution in [-0.4, -0.2) is 10.9 Å². The zero-order valence-electron chi connectivity index (χ0n) is 12.9. The third kappa shape index (κ3) is 4.06. The summed E-state index contributed by atoms with van der Waals surface area (Å²) in [6, 6.07) is 9.96. The Balaban J connectivity index is 1.60. The van der Waals surface area contributed by atoms with Crippen molar-refractivity contribution in [1.82, 2.24) is 4.98 Å². The molecule has 5 heteroatoms. The summed E-state index contributed by atoms with van der Waals surface area (Å²) in [6.45, 7) is 0. The van der Waals surface area contributed by atoms with E-state index < -0.39 is 0 Å². The second-order valence-electron chi connectivity index (χ2n) is 5.86. The van der Waals surface area contributed by atoms with E-state index in [1.165, 1.54) is 12.5 Å². The average molecular weight is 313 g/mol. The molecular formula is C18H20FN3O. The second kappa shape index (κ2) is 7.22. The summed E-state index contributed by atoms with van der Waals surface area (Å²) in [7, 11) is 0. The van der Waals surface area contributed by atoms with Gasteiger partial charge in [0.05, 0.1) is 17.6 Å². The van der Waals surface area contributed by atoms with Crippen molar-refractivity contribution in [2.45, 2.75) is 32.1 Å². The van der Waals surface area contributed by atoms with Gasteiger partial charge in [0.2, 0.25) is 5.91 Å². The summed E-state index contributed by atoms with van der Waals surface area (Å²) in [5.74, 6) is 0.357. The van der Waals surface area contributed by atoms with Crippen molar-refractivity contribution >= 4 is 23.1 Å². The maximum Gasteiger partial charge on any atom is 0.228 e. The van der Waals surface area contributed by atoms with Crippen LogP contribution in [0.2, 0.25) is 0 Å². The average Bonchev–Trinajstić information content (AvgIpc) is 2.59. The van der Waals surface area contributed by atoms with E-state index in [9.17, 15) is 9.18 Å². The lowest BCUT2D eigenvalue weighted by molar-refractivity contribution is -0.120. The predicted octanol–water partition coefficient (Wildman–Crippen LogP) is 4.48. The molecule has 4 nitrogen and oxygen atoms in total. The number of para-hydroxylation sites is 1. The molecule has 23 heavy (non-hydrogen) atoms. The second-order valence-corrected chi connectivity index (χ2v) is 5.86. The van der Waals surface area contributed by atoms with Gasteiger partial charge in [0.1, 0.15) is 11.6 Å². The molecule has 120 valence electrons. The molecule has 0 unspecified atom stereocenters. The molecular weight excluding hydrogens is 293 g/mol. The number of carbonyl (C=O) groups excluding carboxylic acids is 1. The number of amides is 1. The van der Waals surface area contributed by atoms with Crippen LogP contribution in [0.3, 0.4) is 0 Å². The smallest absolute Gasteiger partial charge is 0.228 e. The van der Waals surface area contributed by atoms with Gasteiger partial charge in [0, 0.05) is 5.92 Å². The van der Waals surface area contributed by atoms with Crippen molar-refractivity contribution in [2.24, 2.45) is 5.92 Å². The summed E-state index contributed by atoms with van der Waals surface area (Å²) < 4.78 is 13.6. The van der Waals surface area contributed by atoms with E-state index in [2.05, 4.69) is 15.6 Å². The van der Waals surface area contributed by atoms with Gasteiger partial charge in [-0.05, 0) is 37.1 Å². The molecule has 0 spiro atoms. The third-order valence-corrected chi connectivity index (χ3v) is 4.14. The first-order valence-electron chi connectivity index (χ1n) is 8.01. The first-order chi connectivity index (χ1) is 11.2. The van der Waals surface area contributed by atoms with Crippen LogP contribution >= 0.6 is 0 Å². The highest BCUT2D eigenvalue weighted by atomic mass is 19.1. The van der Waals surface area contributed by atoms with Crippen LogP contribution in [0.25, 0.3) is 0 Å². The highest BCUT2D eigenvalue weighted by Crippen LogP contribution is 2.25. The van der Waals surface area contributed by atoms with E-state index in [1.54, 1.807) is 36.5 Å². The third-order valence-electron chi connectivity index (χ3n) is 4.14. The highest BCUT2D eigenvalue weighted by Gasteiger charge is 2.21. The summed E-state index contributed by atoms with van der Waals surface area (Å²) >= 11 is 0. The van der Waals surface area contributed by atoms with E-state index in [0.717, 1.165) is 25.7 Å². The van der Waals surface area contributed by atoms with Crippen LogP contribution in [0.4, 0.5) is 21.6 Å². The molecule has 1 aliphatic carbocycles. The van der Waals surface area contributed by atoms with Gasteiger partial charge < -0.3 is 10.6 Å². The standard InChI is InChI=1S/C18H20FN3O/c19-15-8-4-5-9-16(15)21-14-10-11-17(20-12-14)22-18(23)13-6-2-1-3-7-13/h4-5,8-13,21H,1-3,6-7H2,(H,20,22,23). The van der Waals surface area contributed by atoms with Crippen LogP contribution in [0.5, 0.6) is 0 Å². The Labute approximate surface area is 135 Å². The Morgan fingerprint density at radius 3 is 2.57 bits per heavy atom. The fraction of sp³-hybridized carbons (Fsp3) is 0.333. The number of hydrogen-bond acceptors (Lipinski definition) is 3. The van der Waals surface area contributed by atoms with Crippen molar-refractivity contribution < 1.29 is 9.18 Å². The minimum absolute atomic E-state index is 0.0482. The summed E-state index contributed by atoms with van der Waals surface area (Å²) in [5, 5.41) is 5.83. The predicted molar refractivity (Wildman–Crippen MR) is 89.1 cm³/mol. The largest absolute Gasteiger partial charge is 0.352 e. The molecule has 2 N–H and O–H groups in total. The lowest BCUT2D eigenvalue weighted by Crippen LogP contribution is -2.25. The minimum atomic E-state index is -0.317. The van der Waals surface area contributed by atoms with Gasteiger partial charge in [-0.3, -0.25) is 4.79 Å². The fourth-order valence-corrected chi connectivity index (χ4v) is 2.85.